The topological polar surface area (TPSA) is 40.5 Å². The summed E-state index contributed by atoms with van der Waals surface area (Å²) in [5.41, 5.74) is 0.448. The minimum absolute atomic E-state index is 0.0888. The van der Waals surface area contributed by atoms with Gasteiger partial charge in [-0.3, -0.25) is 4.79 Å². The highest BCUT2D eigenvalue weighted by Crippen LogP contribution is 2.39. The van der Waals surface area contributed by atoms with E-state index < -0.39 is 0 Å². The third-order valence-electron chi connectivity index (χ3n) is 4.29. The Kier molecular flexibility index (Phi) is 3.46. The molecule has 2 fully saturated rings. The molecule has 3 atom stereocenters. The van der Waals surface area contributed by atoms with E-state index in [4.69, 9.17) is 23.2 Å². The van der Waals surface area contributed by atoms with Gasteiger partial charge in [-0.2, -0.15) is 0 Å². The zero-order valence-electron chi connectivity index (χ0n) is 10.4. The molecule has 3 rings (SSSR count). The molecular formula is C14H15Cl2NO2. The Balaban J connectivity index is 1.81. The molecule has 0 aromatic heterocycles. The van der Waals surface area contributed by atoms with E-state index in [1.165, 1.54) is 0 Å². The van der Waals surface area contributed by atoms with Gasteiger partial charge in [-0.15, -0.1) is 0 Å². The lowest BCUT2D eigenvalue weighted by molar-refractivity contribution is 0.0752. The van der Waals surface area contributed by atoms with Gasteiger partial charge in [-0.05, 0) is 30.9 Å². The molecule has 0 spiro atoms. The van der Waals surface area contributed by atoms with Gasteiger partial charge in [0.25, 0.3) is 5.91 Å². The van der Waals surface area contributed by atoms with Gasteiger partial charge in [0, 0.05) is 19.0 Å². The van der Waals surface area contributed by atoms with E-state index in [1.807, 2.05) is 0 Å². The molecule has 1 heterocycles. The van der Waals surface area contributed by atoms with Gasteiger partial charge in [-0.1, -0.05) is 29.3 Å². The molecular weight excluding hydrogens is 285 g/mol. The third kappa shape index (κ3) is 2.24. The number of likely N-dealkylation sites (tertiary alicyclic amines) is 1. The maximum absolute atomic E-state index is 12.5. The Labute approximate surface area is 122 Å². The monoisotopic (exact) mass is 299 g/mol. The number of fused-ring (bicyclic) bond motifs is 1. The van der Waals surface area contributed by atoms with E-state index in [1.54, 1.807) is 23.1 Å². The van der Waals surface area contributed by atoms with Crippen LogP contribution in [0.4, 0.5) is 0 Å². The third-order valence-corrected chi connectivity index (χ3v) is 5.11. The summed E-state index contributed by atoms with van der Waals surface area (Å²) >= 11 is 12.0. The van der Waals surface area contributed by atoms with E-state index in [2.05, 4.69) is 0 Å². The number of nitrogens with zero attached hydrogens (tertiary/aromatic N) is 1. The van der Waals surface area contributed by atoms with Crippen molar-refractivity contribution in [3.8, 4) is 0 Å². The smallest absolute Gasteiger partial charge is 0.255 e. The predicted molar refractivity (Wildman–Crippen MR) is 74.6 cm³/mol. The Bertz CT molecular complexity index is 520. The summed E-state index contributed by atoms with van der Waals surface area (Å²) in [6, 6.07) is 5.09. The Hall–Kier alpha value is -0.770. The second kappa shape index (κ2) is 4.97. The molecule has 1 saturated heterocycles. The van der Waals surface area contributed by atoms with Crippen LogP contribution in [0.25, 0.3) is 0 Å². The molecule has 3 unspecified atom stereocenters. The van der Waals surface area contributed by atoms with Crippen molar-refractivity contribution in [3.05, 3.63) is 33.8 Å². The van der Waals surface area contributed by atoms with Crippen LogP contribution in [0, 0.1) is 11.8 Å². The van der Waals surface area contributed by atoms with E-state index in [9.17, 15) is 9.90 Å². The summed E-state index contributed by atoms with van der Waals surface area (Å²) in [6.45, 7) is 1.33. The van der Waals surface area contributed by atoms with E-state index >= 15 is 0 Å². The Morgan fingerprint density at radius 2 is 2.05 bits per heavy atom. The maximum atomic E-state index is 12.5. The molecule has 19 heavy (non-hydrogen) atoms. The first kappa shape index (κ1) is 13.2. The molecule has 0 bridgehead atoms. The number of carbonyl (C=O) groups is 1. The minimum Gasteiger partial charge on any atom is -0.393 e. The van der Waals surface area contributed by atoms with Gasteiger partial charge in [0.05, 0.1) is 21.7 Å². The normalized spacial score (nSPS) is 29.6. The average molecular weight is 300 g/mol. The highest BCUT2D eigenvalue weighted by molar-refractivity contribution is 6.43. The summed E-state index contributed by atoms with van der Waals surface area (Å²) in [5.74, 6) is 0.563. The van der Waals surface area contributed by atoms with Crippen molar-refractivity contribution in [1.29, 1.82) is 0 Å². The highest BCUT2D eigenvalue weighted by atomic mass is 35.5. The molecule has 1 aliphatic heterocycles. The summed E-state index contributed by atoms with van der Waals surface area (Å²) in [7, 11) is 0. The van der Waals surface area contributed by atoms with Gasteiger partial charge in [0.2, 0.25) is 0 Å². The molecule has 2 aliphatic rings. The second-order valence-corrected chi connectivity index (χ2v) is 6.17. The molecule has 1 N–H and O–H groups in total. The molecule has 1 aromatic carbocycles. The standard InChI is InChI=1S/C14H15Cl2NO2/c15-11-3-1-2-9(13(11)16)14(19)17-6-8-4-5-12(18)10(8)7-17/h1-3,8,10,12,18H,4-7H2. The quantitative estimate of drug-likeness (QED) is 0.866. The average Bonchev–Trinajstić information content (AvgIpc) is 2.95. The van der Waals surface area contributed by atoms with E-state index in [-0.39, 0.29) is 17.9 Å². The van der Waals surface area contributed by atoms with Crippen LogP contribution in [0.3, 0.4) is 0 Å². The van der Waals surface area contributed by atoms with Crippen LogP contribution in [-0.2, 0) is 0 Å². The summed E-state index contributed by atoms with van der Waals surface area (Å²) in [4.78, 5) is 14.2. The van der Waals surface area contributed by atoms with E-state index in [0.717, 1.165) is 12.8 Å². The van der Waals surface area contributed by atoms with Crippen LogP contribution in [0.15, 0.2) is 18.2 Å². The van der Waals surface area contributed by atoms with Crippen molar-refractivity contribution in [2.75, 3.05) is 13.1 Å². The van der Waals surface area contributed by atoms with Gasteiger partial charge >= 0.3 is 0 Å². The lowest BCUT2D eigenvalue weighted by Gasteiger charge is -2.19. The number of benzene rings is 1. The number of halogens is 2. The van der Waals surface area contributed by atoms with Gasteiger partial charge in [0.15, 0.2) is 0 Å². The first-order chi connectivity index (χ1) is 9.08. The molecule has 1 amide bonds. The van der Waals surface area contributed by atoms with Crippen molar-refractivity contribution in [2.45, 2.75) is 18.9 Å². The molecule has 0 radical (unpaired) electrons. The minimum atomic E-state index is -0.266. The van der Waals surface area contributed by atoms with Gasteiger partial charge in [0.1, 0.15) is 0 Å². The molecule has 3 nitrogen and oxygen atoms in total. The summed E-state index contributed by atoms with van der Waals surface area (Å²) < 4.78 is 0. The number of hydrogen-bond donors (Lipinski definition) is 1. The lowest BCUT2D eigenvalue weighted by Crippen LogP contribution is -2.31. The highest BCUT2D eigenvalue weighted by Gasteiger charge is 2.43. The Morgan fingerprint density at radius 3 is 2.79 bits per heavy atom. The molecule has 1 saturated carbocycles. The molecule has 5 heteroatoms. The first-order valence-electron chi connectivity index (χ1n) is 6.49. The summed E-state index contributed by atoms with van der Waals surface area (Å²) in [5, 5.41) is 10.6. The fraction of sp³-hybridized carbons (Fsp3) is 0.500. The molecule has 102 valence electrons. The van der Waals surface area contributed by atoms with Crippen LogP contribution in [-0.4, -0.2) is 35.1 Å². The molecule has 1 aliphatic carbocycles. The molecule has 1 aromatic rings. The fourth-order valence-electron chi connectivity index (χ4n) is 3.24. The lowest BCUT2D eigenvalue weighted by atomic mass is 10.00. The largest absolute Gasteiger partial charge is 0.393 e. The van der Waals surface area contributed by atoms with Crippen molar-refractivity contribution in [1.82, 2.24) is 4.90 Å². The zero-order chi connectivity index (χ0) is 13.6. The first-order valence-corrected chi connectivity index (χ1v) is 7.25. The number of aliphatic hydroxyl groups excluding tert-OH is 1. The fourth-order valence-corrected chi connectivity index (χ4v) is 3.62. The SMILES string of the molecule is O=C(c1cccc(Cl)c1Cl)N1CC2CCC(O)C2C1. The zero-order valence-corrected chi connectivity index (χ0v) is 11.9. The number of amides is 1. The van der Waals surface area contributed by atoms with Crippen molar-refractivity contribution < 1.29 is 9.90 Å². The predicted octanol–water partition coefficient (Wildman–Crippen LogP) is 2.84. The number of hydrogen-bond acceptors (Lipinski definition) is 2. The maximum Gasteiger partial charge on any atom is 0.255 e. The summed E-state index contributed by atoms with van der Waals surface area (Å²) in [6.07, 6.45) is 1.59. The van der Waals surface area contributed by atoms with Crippen molar-refractivity contribution in [2.24, 2.45) is 11.8 Å². The van der Waals surface area contributed by atoms with E-state index in [0.29, 0.717) is 34.6 Å². The Morgan fingerprint density at radius 1 is 1.26 bits per heavy atom. The van der Waals surface area contributed by atoms with Crippen LogP contribution >= 0.6 is 23.2 Å². The van der Waals surface area contributed by atoms with Crippen LogP contribution < -0.4 is 0 Å². The van der Waals surface area contributed by atoms with Crippen LogP contribution in [0.5, 0.6) is 0 Å². The second-order valence-electron chi connectivity index (χ2n) is 5.38. The van der Waals surface area contributed by atoms with Crippen molar-refractivity contribution in [3.63, 3.8) is 0 Å². The number of carbonyl (C=O) groups excluding carboxylic acids is 1. The number of aliphatic hydroxyl groups is 1. The van der Waals surface area contributed by atoms with Crippen LogP contribution in [0.2, 0.25) is 10.0 Å². The number of rotatable bonds is 1. The van der Waals surface area contributed by atoms with Gasteiger partial charge < -0.3 is 10.0 Å². The van der Waals surface area contributed by atoms with Crippen molar-refractivity contribution >= 4 is 29.1 Å². The van der Waals surface area contributed by atoms with Gasteiger partial charge in [-0.25, -0.2) is 0 Å². The van der Waals surface area contributed by atoms with Crippen LogP contribution in [0.1, 0.15) is 23.2 Å².